The highest BCUT2D eigenvalue weighted by atomic mass is 16.4. The lowest BCUT2D eigenvalue weighted by Crippen LogP contribution is -2.53. The summed E-state index contributed by atoms with van der Waals surface area (Å²) in [6.45, 7) is 1.74. The second-order valence-electron chi connectivity index (χ2n) is 9.73. The topological polar surface area (TPSA) is 74.6 Å². The minimum Gasteiger partial charge on any atom is -0.481 e. The molecule has 0 aromatic carbocycles. The Morgan fingerprint density at radius 3 is 2.08 bits per heavy atom. The Morgan fingerprint density at radius 2 is 1.50 bits per heavy atom. The van der Waals surface area contributed by atoms with Crippen molar-refractivity contribution in [1.29, 1.82) is 0 Å². The van der Waals surface area contributed by atoms with Gasteiger partial charge in [0.1, 0.15) is 0 Å². The summed E-state index contributed by atoms with van der Waals surface area (Å²) in [4.78, 5) is 24.1. The predicted molar refractivity (Wildman–Crippen MR) is 84.8 cm³/mol. The highest BCUT2D eigenvalue weighted by Crippen LogP contribution is 2.79. The van der Waals surface area contributed by atoms with Crippen LogP contribution in [0.4, 0.5) is 0 Å². The molecule has 5 saturated carbocycles. The van der Waals surface area contributed by atoms with Crippen molar-refractivity contribution in [3.8, 4) is 0 Å². The maximum absolute atomic E-state index is 12.1. The van der Waals surface area contributed by atoms with Gasteiger partial charge in [-0.15, -0.1) is 0 Å². The van der Waals surface area contributed by atoms with Crippen molar-refractivity contribution in [3.05, 3.63) is 12.2 Å². The largest absolute Gasteiger partial charge is 0.481 e. The fourth-order valence-electron chi connectivity index (χ4n) is 9.32. The summed E-state index contributed by atoms with van der Waals surface area (Å²) in [5.41, 5.74) is -1.06. The van der Waals surface area contributed by atoms with Crippen LogP contribution in [0.3, 0.4) is 0 Å². The van der Waals surface area contributed by atoms with Crippen LogP contribution in [0.25, 0.3) is 0 Å². The van der Waals surface area contributed by atoms with E-state index < -0.39 is 23.3 Å². The zero-order valence-electron chi connectivity index (χ0n) is 13.8. The molecule has 128 valence electrons. The highest BCUT2D eigenvalue weighted by molar-refractivity contribution is 5.85. The molecule has 0 spiro atoms. The Labute approximate surface area is 141 Å². The van der Waals surface area contributed by atoms with Crippen LogP contribution >= 0.6 is 0 Å². The number of carbonyl (C=O) groups is 2. The number of fused-ring (bicyclic) bond motifs is 16. The third-order valence-electron chi connectivity index (χ3n) is 9.61. The number of aliphatic carboxylic acids is 2. The molecule has 12 atom stereocenters. The molecule has 4 heteroatoms. The third kappa shape index (κ3) is 1.20. The Balaban J connectivity index is 1.45. The summed E-state index contributed by atoms with van der Waals surface area (Å²) in [5.74, 6) is 3.01. The average molecular weight is 328 g/mol. The molecule has 0 aromatic heterocycles. The van der Waals surface area contributed by atoms with E-state index in [4.69, 9.17) is 0 Å². The van der Waals surface area contributed by atoms with Gasteiger partial charge >= 0.3 is 11.9 Å². The fourth-order valence-corrected chi connectivity index (χ4v) is 9.32. The molecule has 0 radical (unpaired) electrons. The molecule has 6 rings (SSSR count). The number of rotatable bonds is 2. The summed E-state index contributed by atoms with van der Waals surface area (Å²) < 4.78 is 0. The number of carboxylic acid groups (broad SMARTS) is 2. The van der Waals surface area contributed by atoms with E-state index in [2.05, 4.69) is 12.2 Å². The molecule has 2 N–H and O–H groups in total. The van der Waals surface area contributed by atoms with E-state index in [0.717, 1.165) is 30.1 Å². The van der Waals surface area contributed by atoms with E-state index in [0.29, 0.717) is 23.7 Å². The first-order chi connectivity index (χ1) is 11.4. The first-order valence-electron chi connectivity index (χ1n) is 9.59. The maximum atomic E-state index is 12.1. The van der Waals surface area contributed by atoms with Crippen molar-refractivity contribution in [2.75, 3.05) is 0 Å². The summed E-state index contributed by atoms with van der Waals surface area (Å²) in [7, 11) is 0. The van der Waals surface area contributed by atoms with Crippen molar-refractivity contribution in [3.63, 3.8) is 0 Å². The molecule has 6 aliphatic carbocycles. The molecule has 6 aliphatic rings. The van der Waals surface area contributed by atoms with E-state index in [9.17, 15) is 19.8 Å². The molecule has 0 aromatic rings. The van der Waals surface area contributed by atoms with Crippen LogP contribution in [0.2, 0.25) is 0 Å². The molecular formula is C20H24O4. The molecule has 0 saturated heterocycles. The molecule has 0 aliphatic heterocycles. The molecule has 24 heavy (non-hydrogen) atoms. The van der Waals surface area contributed by atoms with Crippen LogP contribution in [0, 0.1) is 70.5 Å². The van der Waals surface area contributed by atoms with Gasteiger partial charge in [0.15, 0.2) is 0 Å². The smallest absolute Gasteiger partial charge is 0.310 e. The monoisotopic (exact) mass is 328 g/mol. The van der Waals surface area contributed by atoms with Crippen molar-refractivity contribution >= 4 is 11.9 Å². The average Bonchev–Trinajstić information content (AvgIpc) is 3.30. The van der Waals surface area contributed by atoms with Crippen LogP contribution in [0.1, 0.15) is 26.2 Å². The van der Waals surface area contributed by atoms with Gasteiger partial charge in [0.25, 0.3) is 0 Å². The Kier molecular flexibility index (Phi) is 2.27. The lowest BCUT2D eigenvalue weighted by Gasteiger charge is -2.50. The van der Waals surface area contributed by atoms with E-state index in [1.807, 2.05) is 0 Å². The minimum atomic E-state index is -1.06. The fraction of sp³-hybridized carbons (Fsp3) is 0.800. The summed E-state index contributed by atoms with van der Waals surface area (Å²) >= 11 is 0. The Bertz CT molecular complexity index is 698. The normalized spacial score (nSPS) is 63.8. The van der Waals surface area contributed by atoms with E-state index in [1.54, 1.807) is 6.92 Å². The van der Waals surface area contributed by atoms with Crippen LogP contribution < -0.4 is 0 Å². The van der Waals surface area contributed by atoms with Gasteiger partial charge in [0.2, 0.25) is 0 Å². The number of allylic oxidation sites excluding steroid dienone is 2. The van der Waals surface area contributed by atoms with Gasteiger partial charge in [-0.3, -0.25) is 9.59 Å². The van der Waals surface area contributed by atoms with Crippen molar-refractivity contribution in [2.24, 2.45) is 70.5 Å². The van der Waals surface area contributed by atoms with E-state index in [-0.39, 0.29) is 11.8 Å². The Morgan fingerprint density at radius 1 is 0.875 bits per heavy atom. The quantitative estimate of drug-likeness (QED) is 0.604. The standard InChI is InChI=1S/C20H24O4/c1-20(19(23)24)12-6-11(17(20)18(21)22)15-9-5-10(16(12)15)14-8-3-2-7(4-8)13(9)14/h2-3,7-17H,4-6H2,1H3,(H,21,22)(H,23,24). The molecule has 0 amide bonds. The number of hydrogen-bond acceptors (Lipinski definition) is 2. The van der Waals surface area contributed by atoms with Gasteiger partial charge < -0.3 is 10.2 Å². The van der Waals surface area contributed by atoms with E-state index >= 15 is 0 Å². The second-order valence-corrected chi connectivity index (χ2v) is 9.73. The summed E-state index contributed by atoms with van der Waals surface area (Å²) in [6, 6.07) is 0. The zero-order valence-corrected chi connectivity index (χ0v) is 13.8. The van der Waals surface area contributed by atoms with Crippen molar-refractivity contribution < 1.29 is 19.8 Å². The lowest BCUT2D eigenvalue weighted by atomic mass is 9.53. The van der Waals surface area contributed by atoms with Crippen molar-refractivity contribution in [1.82, 2.24) is 0 Å². The van der Waals surface area contributed by atoms with Crippen LogP contribution in [0.15, 0.2) is 12.2 Å². The van der Waals surface area contributed by atoms with Gasteiger partial charge in [-0.2, -0.15) is 0 Å². The number of hydrogen-bond donors (Lipinski definition) is 2. The molecule has 6 bridgehead atoms. The zero-order chi connectivity index (χ0) is 16.5. The first kappa shape index (κ1) is 13.9. The van der Waals surface area contributed by atoms with Gasteiger partial charge in [-0.25, -0.2) is 0 Å². The van der Waals surface area contributed by atoms with Crippen LogP contribution in [0.5, 0.6) is 0 Å². The van der Waals surface area contributed by atoms with Gasteiger partial charge in [-0.05, 0) is 85.4 Å². The summed E-state index contributed by atoms with van der Waals surface area (Å²) in [6.07, 6.45) is 8.23. The van der Waals surface area contributed by atoms with Crippen LogP contribution in [-0.4, -0.2) is 22.2 Å². The first-order valence-corrected chi connectivity index (χ1v) is 9.59. The molecule has 0 heterocycles. The van der Waals surface area contributed by atoms with Crippen molar-refractivity contribution in [2.45, 2.75) is 26.2 Å². The van der Waals surface area contributed by atoms with Gasteiger partial charge in [-0.1, -0.05) is 12.2 Å². The van der Waals surface area contributed by atoms with E-state index in [1.165, 1.54) is 12.8 Å². The minimum absolute atomic E-state index is 0.0742. The predicted octanol–water partition coefficient (Wildman–Crippen LogP) is 2.75. The molecule has 5 fully saturated rings. The molecule has 12 unspecified atom stereocenters. The Hall–Kier alpha value is -1.32. The third-order valence-corrected chi connectivity index (χ3v) is 9.61. The molecule has 4 nitrogen and oxygen atoms in total. The lowest BCUT2D eigenvalue weighted by molar-refractivity contribution is -0.172. The van der Waals surface area contributed by atoms with Crippen LogP contribution in [-0.2, 0) is 9.59 Å². The molecular weight excluding hydrogens is 304 g/mol. The number of carboxylic acids is 2. The maximum Gasteiger partial charge on any atom is 0.310 e. The van der Waals surface area contributed by atoms with Gasteiger partial charge in [0.05, 0.1) is 11.3 Å². The highest BCUT2D eigenvalue weighted by Gasteiger charge is 2.77. The van der Waals surface area contributed by atoms with Gasteiger partial charge in [0, 0.05) is 0 Å². The second kappa shape index (κ2) is 3.91. The summed E-state index contributed by atoms with van der Waals surface area (Å²) in [5, 5.41) is 19.8. The SMILES string of the molecule is CC1(C(=O)O)C2CC(C3C4CC(C5C6C=CC(C6)C45)C32)C1C(=O)O.